The van der Waals surface area contributed by atoms with Gasteiger partial charge in [-0.05, 0) is 54.5 Å². The summed E-state index contributed by atoms with van der Waals surface area (Å²) in [7, 11) is -2.09. The van der Waals surface area contributed by atoms with Gasteiger partial charge in [0, 0.05) is 12.7 Å². The third-order valence-corrected chi connectivity index (χ3v) is 5.72. The zero-order valence-corrected chi connectivity index (χ0v) is 17.3. The highest BCUT2D eigenvalue weighted by Gasteiger charge is 2.26. The van der Waals surface area contributed by atoms with Crippen molar-refractivity contribution < 1.29 is 17.9 Å². The highest BCUT2D eigenvalue weighted by molar-refractivity contribution is 7.95. The molecule has 0 saturated carbocycles. The molecule has 0 unspecified atom stereocenters. The molecule has 152 valence electrons. The van der Waals surface area contributed by atoms with Gasteiger partial charge in [-0.25, -0.2) is 8.42 Å². The number of amides is 1. The van der Waals surface area contributed by atoms with Crippen molar-refractivity contribution in [1.82, 2.24) is 0 Å². The van der Waals surface area contributed by atoms with Crippen LogP contribution in [0, 0.1) is 6.92 Å². The molecular weight excluding hydrogens is 400 g/mol. The fourth-order valence-electron chi connectivity index (χ4n) is 3.16. The second-order valence-electron chi connectivity index (χ2n) is 7.01. The number of sulfonamides is 1. The highest BCUT2D eigenvalue weighted by atomic mass is 32.2. The second kappa shape index (κ2) is 7.68. The van der Waals surface area contributed by atoms with Crippen molar-refractivity contribution in [2.24, 2.45) is 0 Å². The van der Waals surface area contributed by atoms with E-state index in [1.807, 2.05) is 43.3 Å². The van der Waals surface area contributed by atoms with Gasteiger partial charge in [0.1, 0.15) is 5.75 Å². The third kappa shape index (κ3) is 4.06. The van der Waals surface area contributed by atoms with Crippen LogP contribution >= 0.6 is 0 Å². The SMILES string of the molecule is Cc1ccc2c(c1)N(C)C(=O)c1cc(NS(=O)(=O)/C=C/c3ccccc3)ccc1O2. The molecule has 3 aromatic carbocycles. The minimum atomic E-state index is -3.76. The molecule has 1 amide bonds. The first-order chi connectivity index (χ1) is 14.3. The molecule has 0 aromatic heterocycles. The fourth-order valence-corrected chi connectivity index (χ4v) is 4.02. The van der Waals surface area contributed by atoms with Gasteiger partial charge >= 0.3 is 0 Å². The molecule has 1 aliphatic heterocycles. The Labute approximate surface area is 175 Å². The molecule has 3 aromatic rings. The van der Waals surface area contributed by atoms with Gasteiger partial charge < -0.3 is 9.64 Å². The molecule has 0 bridgehead atoms. The number of hydrogen-bond donors (Lipinski definition) is 1. The monoisotopic (exact) mass is 420 g/mol. The van der Waals surface area contributed by atoms with Crippen LogP contribution in [0.5, 0.6) is 11.5 Å². The van der Waals surface area contributed by atoms with Crippen LogP contribution in [-0.2, 0) is 10.0 Å². The Balaban J connectivity index is 1.63. The summed E-state index contributed by atoms with van der Waals surface area (Å²) >= 11 is 0. The molecular formula is C23H20N2O4S. The van der Waals surface area contributed by atoms with Crippen molar-refractivity contribution in [3.63, 3.8) is 0 Å². The third-order valence-electron chi connectivity index (χ3n) is 4.71. The summed E-state index contributed by atoms with van der Waals surface area (Å²) in [6.07, 6.45) is 1.51. The number of hydrogen-bond acceptors (Lipinski definition) is 4. The molecule has 0 saturated heterocycles. The Morgan fingerprint density at radius 1 is 0.967 bits per heavy atom. The van der Waals surface area contributed by atoms with E-state index < -0.39 is 10.0 Å². The fraction of sp³-hybridized carbons (Fsp3) is 0.0870. The maximum Gasteiger partial charge on any atom is 0.261 e. The summed E-state index contributed by atoms with van der Waals surface area (Å²) < 4.78 is 33.3. The number of anilines is 2. The second-order valence-corrected chi connectivity index (χ2v) is 8.58. The van der Waals surface area contributed by atoms with Gasteiger partial charge in [-0.1, -0.05) is 36.4 Å². The molecule has 0 atom stereocenters. The number of benzene rings is 3. The van der Waals surface area contributed by atoms with Gasteiger partial charge in [-0.2, -0.15) is 0 Å². The maximum atomic E-state index is 13.0. The molecule has 0 aliphatic carbocycles. The smallest absolute Gasteiger partial charge is 0.261 e. The van der Waals surface area contributed by atoms with E-state index >= 15 is 0 Å². The van der Waals surface area contributed by atoms with E-state index in [0.717, 1.165) is 16.5 Å². The van der Waals surface area contributed by atoms with Gasteiger partial charge in [0.05, 0.1) is 16.7 Å². The van der Waals surface area contributed by atoms with E-state index in [9.17, 15) is 13.2 Å². The van der Waals surface area contributed by atoms with Crippen molar-refractivity contribution in [1.29, 1.82) is 0 Å². The van der Waals surface area contributed by atoms with Crippen molar-refractivity contribution >= 4 is 33.4 Å². The first-order valence-electron chi connectivity index (χ1n) is 9.29. The Morgan fingerprint density at radius 2 is 1.70 bits per heavy atom. The molecule has 30 heavy (non-hydrogen) atoms. The molecule has 0 spiro atoms. The Hall–Kier alpha value is -3.58. The molecule has 0 fully saturated rings. The summed E-state index contributed by atoms with van der Waals surface area (Å²) in [5.41, 5.74) is 2.98. The first-order valence-corrected chi connectivity index (χ1v) is 10.8. The number of aryl methyl sites for hydroxylation is 1. The number of ether oxygens (including phenoxy) is 1. The van der Waals surface area contributed by atoms with Crippen molar-refractivity contribution in [2.75, 3.05) is 16.7 Å². The molecule has 1 heterocycles. The average Bonchev–Trinajstić information content (AvgIpc) is 2.83. The van der Waals surface area contributed by atoms with Gasteiger partial charge in [-0.15, -0.1) is 0 Å². The number of carbonyl (C=O) groups excluding carboxylic acids is 1. The quantitative estimate of drug-likeness (QED) is 0.658. The van der Waals surface area contributed by atoms with E-state index in [2.05, 4.69) is 4.72 Å². The van der Waals surface area contributed by atoms with Crippen LogP contribution in [-0.4, -0.2) is 21.4 Å². The van der Waals surface area contributed by atoms with E-state index in [-0.39, 0.29) is 17.2 Å². The molecule has 7 heteroatoms. The number of carbonyl (C=O) groups is 1. The average molecular weight is 420 g/mol. The lowest BCUT2D eigenvalue weighted by Gasteiger charge is -2.16. The van der Waals surface area contributed by atoms with Crippen LogP contribution in [0.3, 0.4) is 0 Å². The van der Waals surface area contributed by atoms with E-state index in [1.165, 1.54) is 17.0 Å². The molecule has 1 aliphatic rings. The van der Waals surface area contributed by atoms with Crippen LogP contribution in [0.15, 0.2) is 72.1 Å². The Kier molecular flexibility index (Phi) is 5.05. The zero-order valence-electron chi connectivity index (χ0n) is 16.5. The number of rotatable bonds is 4. The van der Waals surface area contributed by atoms with Gasteiger partial charge in [0.25, 0.3) is 15.9 Å². The van der Waals surface area contributed by atoms with Crippen LogP contribution in [0.25, 0.3) is 6.08 Å². The molecule has 6 nitrogen and oxygen atoms in total. The van der Waals surface area contributed by atoms with Crippen LogP contribution < -0.4 is 14.4 Å². The van der Waals surface area contributed by atoms with Crippen LogP contribution in [0.2, 0.25) is 0 Å². The lowest BCUT2D eigenvalue weighted by molar-refractivity contribution is 0.0993. The minimum absolute atomic E-state index is 0.276. The van der Waals surface area contributed by atoms with Crippen LogP contribution in [0.4, 0.5) is 11.4 Å². The first kappa shape index (κ1) is 19.7. The summed E-state index contributed by atoms with van der Waals surface area (Å²) in [5.74, 6) is 0.654. The topological polar surface area (TPSA) is 75.7 Å². The van der Waals surface area contributed by atoms with E-state index in [1.54, 1.807) is 31.3 Å². The standard InChI is InChI=1S/C23H20N2O4S/c1-16-8-10-22-20(14-16)25(2)23(26)19-15-18(9-11-21(19)29-22)24-30(27,28)13-12-17-6-4-3-5-7-17/h3-15,24H,1-2H3/b13-12+. The Bertz CT molecular complexity index is 1250. The number of fused-ring (bicyclic) bond motifs is 2. The predicted molar refractivity (Wildman–Crippen MR) is 118 cm³/mol. The lowest BCUT2D eigenvalue weighted by Crippen LogP contribution is -2.25. The highest BCUT2D eigenvalue weighted by Crippen LogP contribution is 2.39. The van der Waals surface area contributed by atoms with E-state index in [4.69, 9.17) is 4.74 Å². The van der Waals surface area contributed by atoms with Gasteiger partial charge in [0.15, 0.2) is 5.75 Å². The molecule has 0 radical (unpaired) electrons. The summed E-state index contributed by atoms with van der Waals surface area (Å²) in [6, 6.07) is 19.4. The van der Waals surface area contributed by atoms with E-state index in [0.29, 0.717) is 17.2 Å². The van der Waals surface area contributed by atoms with Crippen molar-refractivity contribution in [2.45, 2.75) is 6.92 Å². The van der Waals surface area contributed by atoms with Crippen molar-refractivity contribution in [3.8, 4) is 11.5 Å². The largest absolute Gasteiger partial charge is 0.454 e. The lowest BCUT2D eigenvalue weighted by atomic mass is 10.1. The maximum absolute atomic E-state index is 13.0. The summed E-state index contributed by atoms with van der Waals surface area (Å²) in [6.45, 7) is 1.94. The molecule has 1 N–H and O–H groups in total. The normalized spacial score (nSPS) is 13.4. The number of nitrogens with zero attached hydrogens (tertiary/aromatic N) is 1. The van der Waals surface area contributed by atoms with Gasteiger partial charge in [0.2, 0.25) is 0 Å². The Morgan fingerprint density at radius 3 is 2.47 bits per heavy atom. The zero-order chi connectivity index (χ0) is 21.3. The summed E-state index contributed by atoms with van der Waals surface area (Å²) in [5, 5.41) is 1.09. The van der Waals surface area contributed by atoms with Gasteiger partial charge in [-0.3, -0.25) is 9.52 Å². The van der Waals surface area contributed by atoms with Crippen LogP contribution in [0.1, 0.15) is 21.5 Å². The van der Waals surface area contributed by atoms with Crippen molar-refractivity contribution in [3.05, 3.63) is 88.8 Å². The minimum Gasteiger partial charge on any atom is -0.454 e. The number of nitrogens with one attached hydrogen (secondary N) is 1. The molecule has 4 rings (SSSR count). The predicted octanol–water partition coefficient (Wildman–Crippen LogP) is 4.79. The summed E-state index contributed by atoms with van der Waals surface area (Å²) in [4.78, 5) is 14.5.